The van der Waals surface area contributed by atoms with Crippen molar-refractivity contribution in [2.45, 2.75) is 40.2 Å². The molecule has 1 aromatic rings. The molecule has 2 amide bonds. The molecule has 30 heavy (non-hydrogen) atoms. The van der Waals surface area contributed by atoms with Crippen molar-refractivity contribution in [3.8, 4) is 0 Å². The largest absolute Gasteiger partial charge is 0.356 e. The van der Waals surface area contributed by atoms with E-state index < -0.39 is 11.9 Å². The summed E-state index contributed by atoms with van der Waals surface area (Å²) in [6, 6.07) is 5.80. The number of amidine groups is 1. The molecule has 1 aromatic carbocycles. The zero-order valence-corrected chi connectivity index (χ0v) is 18.6. The highest BCUT2D eigenvalue weighted by molar-refractivity contribution is 8.16. The highest BCUT2D eigenvalue weighted by atomic mass is 32.2. The third-order valence-electron chi connectivity index (χ3n) is 5.20. The van der Waals surface area contributed by atoms with Crippen LogP contribution < -0.4 is 5.32 Å². The molecule has 160 valence electrons. The fourth-order valence-corrected chi connectivity index (χ4v) is 4.70. The summed E-state index contributed by atoms with van der Waals surface area (Å²) in [5, 5.41) is 5.31. The van der Waals surface area contributed by atoms with Crippen LogP contribution in [0.3, 0.4) is 0 Å². The Morgan fingerprint density at radius 1 is 1.23 bits per heavy atom. The number of carbonyl (C=O) groups is 2. The van der Waals surface area contributed by atoms with Crippen LogP contribution in [0.4, 0.5) is 4.39 Å². The number of hydrogen-bond donors (Lipinski definition) is 1. The third-order valence-corrected chi connectivity index (χ3v) is 6.09. The fourth-order valence-electron chi connectivity index (χ4n) is 3.74. The number of likely N-dealkylation sites (N-methyl/N-ethyl adjacent to an activating group) is 1. The second kappa shape index (κ2) is 9.47. The lowest BCUT2D eigenvalue weighted by molar-refractivity contribution is -0.127. The molecule has 1 unspecified atom stereocenters. The van der Waals surface area contributed by atoms with Gasteiger partial charge in [-0.05, 0) is 39.2 Å². The number of nitrogens with one attached hydrogen (secondary N) is 1. The maximum absolute atomic E-state index is 15.0. The van der Waals surface area contributed by atoms with Gasteiger partial charge in [-0.2, -0.15) is 0 Å². The lowest BCUT2D eigenvalue weighted by Gasteiger charge is -2.38. The van der Waals surface area contributed by atoms with Crippen molar-refractivity contribution >= 4 is 28.7 Å². The molecule has 0 bridgehead atoms. The van der Waals surface area contributed by atoms with Crippen LogP contribution in [0.15, 0.2) is 51.6 Å². The fraction of sp³-hybridized carbons (Fsp3) is 0.409. The lowest BCUT2D eigenvalue weighted by Crippen LogP contribution is -2.42. The molecular weight excluding hydrogens is 403 g/mol. The van der Waals surface area contributed by atoms with Gasteiger partial charge in [-0.15, -0.1) is 0 Å². The van der Waals surface area contributed by atoms with E-state index in [-0.39, 0.29) is 18.2 Å². The molecule has 0 aromatic heterocycles. The summed E-state index contributed by atoms with van der Waals surface area (Å²) in [5.74, 6) is -0.681. The molecule has 1 N–H and O–H groups in total. The number of nitrogens with zero attached hydrogens (tertiary/aromatic N) is 3. The van der Waals surface area contributed by atoms with E-state index in [2.05, 4.69) is 10.3 Å². The normalized spacial score (nSPS) is 18.0. The second-order valence-corrected chi connectivity index (χ2v) is 7.86. The van der Waals surface area contributed by atoms with Crippen molar-refractivity contribution in [3.05, 3.63) is 58.0 Å². The van der Waals surface area contributed by atoms with Crippen molar-refractivity contribution in [1.29, 1.82) is 0 Å². The first-order valence-corrected chi connectivity index (χ1v) is 11.1. The first-order chi connectivity index (χ1) is 14.4. The molecule has 0 saturated heterocycles. The van der Waals surface area contributed by atoms with Crippen LogP contribution in [-0.4, -0.2) is 46.4 Å². The van der Waals surface area contributed by atoms with Gasteiger partial charge in [0.05, 0.1) is 23.7 Å². The van der Waals surface area contributed by atoms with E-state index in [1.165, 1.54) is 17.8 Å². The van der Waals surface area contributed by atoms with Gasteiger partial charge < -0.3 is 15.1 Å². The molecule has 0 radical (unpaired) electrons. The van der Waals surface area contributed by atoms with E-state index >= 15 is 0 Å². The molecule has 1 atom stereocenters. The Balaban J connectivity index is 2.11. The minimum atomic E-state index is -0.678. The molecule has 2 aliphatic heterocycles. The summed E-state index contributed by atoms with van der Waals surface area (Å²) in [4.78, 5) is 33.9. The first-order valence-electron chi connectivity index (χ1n) is 10.2. The summed E-state index contributed by atoms with van der Waals surface area (Å²) >= 11 is 1.39. The highest BCUT2D eigenvalue weighted by Gasteiger charge is 2.42. The Kier molecular flexibility index (Phi) is 6.97. The number of thioether (sulfide) groups is 1. The number of hydrogen-bond acceptors (Lipinski definition) is 5. The van der Waals surface area contributed by atoms with Gasteiger partial charge in [0.15, 0.2) is 5.17 Å². The van der Waals surface area contributed by atoms with Crippen LogP contribution >= 0.6 is 11.8 Å². The molecular formula is C22H27FN4O2S. The van der Waals surface area contributed by atoms with Gasteiger partial charge in [0.25, 0.3) is 5.91 Å². The predicted octanol–water partition coefficient (Wildman–Crippen LogP) is 3.80. The second-order valence-electron chi connectivity index (χ2n) is 7.02. The van der Waals surface area contributed by atoms with Gasteiger partial charge in [0.2, 0.25) is 5.91 Å². The summed E-state index contributed by atoms with van der Waals surface area (Å²) in [7, 11) is 0. The van der Waals surface area contributed by atoms with Crippen molar-refractivity contribution in [2.75, 3.05) is 19.6 Å². The number of rotatable bonds is 7. The van der Waals surface area contributed by atoms with Crippen LogP contribution in [0.1, 0.15) is 45.7 Å². The zero-order valence-electron chi connectivity index (χ0n) is 17.7. The number of halogens is 1. The van der Waals surface area contributed by atoms with Crippen LogP contribution in [-0.2, 0) is 9.59 Å². The van der Waals surface area contributed by atoms with Gasteiger partial charge in [-0.25, -0.2) is 9.38 Å². The summed E-state index contributed by atoms with van der Waals surface area (Å²) in [6.07, 6.45) is 0.136. The van der Waals surface area contributed by atoms with Crippen molar-refractivity contribution < 1.29 is 14.0 Å². The van der Waals surface area contributed by atoms with E-state index in [1.807, 2.05) is 31.1 Å². The minimum absolute atomic E-state index is 0.124. The Labute approximate surface area is 180 Å². The van der Waals surface area contributed by atoms with Gasteiger partial charge in [-0.3, -0.25) is 9.59 Å². The smallest absolute Gasteiger partial charge is 0.254 e. The number of benzene rings is 1. The molecule has 2 heterocycles. The minimum Gasteiger partial charge on any atom is -0.356 e. The molecule has 0 fully saturated rings. The van der Waals surface area contributed by atoms with Gasteiger partial charge in [0.1, 0.15) is 5.82 Å². The molecule has 0 spiro atoms. The Morgan fingerprint density at radius 2 is 1.93 bits per heavy atom. The monoisotopic (exact) mass is 430 g/mol. The standard InChI is InChI=1S/C22H27FN4O2S/c1-5-24-18(28)12-15-13-30-22-25-14(4)19(21(29)26(6-2)7-3)20(27(15)22)16-10-8-9-11-17(16)23/h8-11,13,20H,5-7,12H2,1-4H3,(H,24,28). The SMILES string of the molecule is CCNC(=O)CC1=CSC2=NC(C)=C(C(=O)N(CC)CC)C(c3ccccc3F)N12. The van der Waals surface area contributed by atoms with E-state index in [0.29, 0.717) is 47.3 Å². The zero-order chi connectivity index (χ0) is 21.8. The summed E-state index contributed by atoms with van der Waals surface area (Å²) < 4.78 is 15.0. The van der Waals surface area contributed by atoms with Gasteiger partial charge in [0, 0.05) is 30.9 Å². The van der Waals surface area contributed by atoms with Crippen LogP contribution in [0.2, 0.25) is 0 Å². The van der Waals surface area contributed by atoms with Gasteiger partial charge >= 0.3 is 0 Å². The van der Waals surface area contributed by atoms with E-state index in [1.54, 1.807) is 30.0 Å². The Hall–Kier alpha value is -2.61. The topological polar surface area (TPSA) is 65.0 Å². The highest BCUT2D eigenvalue weighted by Crippen LogP contribution is 2.45. The van der Waals surface area contributed by atoms with E-state index in [9.17, 15) is 14.0 Å². The lowest BCUT2D eigenvalue weighted by atomic mass is 9.92. The molecule has 8 heteroatoms. The number of allylic oxidation sites excluding steroid dienone is 1. The van der Waals surface area contributed by atoms with Crippen molar-refractivity contribution in [3.63, 3.8) is 0 Å². The number of aliphatic imine (C=N–C) groups is 1. The third kappa shape index (κ3) is 4.14. The maximum atomic E-state index is 15.0. The average molecular weight is 431 g/mol. The maximum Gasteiger partial charge on any atom is 0.254 e. The van der Waals surface area contributed by atoms with Crippen molar-refractivity contribution in [2.24, 2.45) is 4.99 Å². The Bertz CT molecular complexity index is 937. The molecule has 3 rings (SSSR count). The predicted molar refractivity (Wildman–Crippen MR) is 118 cm³/mol. The first kappa shape index (κ1) is 22.1. The molecule has 2 aliphatic rings. The molecule has 0 saturated carbocycles. The number of fused-ring (bicyclic) bond motifs is 1. The molecule has 0 aliphatic carbocycles. The Morgan fingerprint density at radius 3 is 2.57 bits per heavy atom. The summed E-state index contributed by atoms with van der Waals surface area (Å²) in [5.41, 5.74) is 2.11. The average Bonchev–Trinajstić information content (AvgIpc) is 3.10. The molecule has 6 nitrogen and oxygen atoms in total. The van der Waals surface area contributed by atoms with E-state index in [0.717, 1.165) is 0 Å². The van der Waals surface area contributed by atoms with Crippen molar-refractivity contribution in [1.82, 2.24) is 15.1 Å². The van der Waals surface area contributed by atoms with Gasteiger partial charge in [-0.1, -0.05) is 30.0 Å². The van der Waals surface area contributed by atoms with Crippen LogP contribution in [0, 0.1) is 5.82 Å². The van der Waals surface area contributed by atoms with Crippen LogP contribution in [0.25, 0.3) is 0 Å². The summed E-state index contributed by atoms with van der Waals surface area (Å²) in [6.45, 7) is 9.10. The van der Waals surface area contributed by atoms with Crippen LogP contribution in [0.5, 0.6) is 0 Å². The number of amides is 2. The quantitative estimate of drug-likeness (QED) is 0.715. The van der Waals surface area contributed by atoms with E-state index in [4.69, 9.17) is 0 Å². The number of carbonyl (C=O) groups excluding carboxylic acids is 2.